The molecule has 126 valence electrons. The summed E-state index contributed by atoms with van der Waals surface area (Å²) in [6, 6.07) is 4.49. The first-order chi connectivity index (χ1) is 11.6. The van der Waals surface area contributed by atoms with Crippen molar-refractivity contribution in [1.29, 1.82) is 0 Å². The lowest BCUT2D eigenvalue weighted by atomic mass is 9.99. The highest BCUT2D eigenvalue weighted by Gasteiger charge is 2.53. The molecule has 9 heteroatoms. The molecule has 0 radical (unpaired) electrons. The van der Waals surface area contributed by atoms with E-state index in [9.17, 15) is 14.4 Å². The second kappa shape index (κ2) is 5.59. The Morgan fingerprint density at radius 1 is 1.33 bits per heavy atom. The van der Waals surface area contributed by atoms with Gasteiger partial charge in [-0.3, -0.25) is 14.5 Å². The van der Waals surface area contributed by atoms with Crippen molar-refractivity contribution in [3.05, 3.63) is 18.2 Å². The number of nitrogens with zero attached hydrogens (tertiary/aromatic N) is 1. The first kappa shape index (κ1) is 15.1. The number of urea groups is 1. The van der Waals surface area contributed by atoms with Crippen LogP contribution in [0.5, 0.6) is 11.5 Å². The summed E-state index contributed by atoms with van der Waals surface area (Å²) in [5.41, 5.74) is -0.316. The molecular formula is C15H15N3O5S. The minimum atomic E-state index is -0.833. The number of imide groups is 1. The van der Waals surface area contributed by atoms with Gasteiger partial charge in [0.2, 0.25) is 12.7 Å². The van der Waals surface area contributed by atoms with Gasteiger partial charge in [0.1, 0.15) is 12.1 Å². The fraction of sp³-hybridized carbons (Fsp3) is 0.400. The molecule has 3 aliphatic rings. The Balaban J connectivity index is 1.43. The highest BCUT2D eigenvalue weighted by molar-refractivity contribution is 7.99. The van der Waals surface area contributed by atoms with Gasteiger partial charge in [-0.05, 0) is 24.3 Å². The molecule has 1 aromatic carbocycles. The van der Waals surface area contributed by atoms with E-state index in [1.165, 1.54) is 0 Å². The molecule has 2 N–H and O–H groups in total. The molecule has 0 aliphatic carbocycles. The van der Waals surface area contributed by atoms with E-state index in [0.717, 1.165) is 10.7 Å². The predicted molar refractivity (Wildman–Crippen MR) is 86.1 cm³/mol. The van der Waals surface area contributed by atoms with Crippen LogP contribution in [0.15, 0.2) is 18.2 Å². The number of rotatable bonds is 3. The van der Waals surface area contributed by atoms with Gasteiger partial charge in [0.25, 0.3) is 5.91 Å². The van der Waals surface area contributed by atoms with Gasteiger partial charge in [-0.1, -0.05) is 0 Å². The van der Waals surface area contributed by atoms with Crippen LogP contribution in [-0.4, -0.2) is 53.1 Å². The van der Waals surface area contributed by atoms with Crippen molar-refractivity contribution >= 4 is 35.3 Å². The number of ether oxygens (including phenoxy) is 2. The van der Waals surface area contributed by atoms with Crippen molar-refractivity contribution in [3.63, 3.8) is 0 Å². The van der Waals surface area contributed by atoms with Crippen molar-refractivity contribution in [2.45, 2.75) is 12.0 Å². The number of thioether (sulfide) groups is 1. The number of carbonyl (C=O) groups is 3. The van der Waals surface area contributed by atoms with Gasteiger partial charge < -0.3 is 20.1 Å². The Kier molecular flexibility index (Phi) is 3.52. The Hall–Kier alpha value is -2.42. The normalized spacial score (nSPS) is 24.6. The van der Waals surface area contributed by atoms with Crippen molar-refractivity contribution in [1.82, 2.24) is 10.2 Å². The molecule has 2 saturated heterocycles. The third-order valence-electron chi connectivity index (χ3n) is 4.23. The van der Waals surface area contributed by atoms with Crippen LogP contribution in [0.3, 0.4) is 0 Å². The summed E-state index contributed by atoms with van der Waals surface area (Å²) in [4.78, 5) is 37.7. The molecule has 0 aromatic heterocycles. The van der Waals surface area contributed by atoms with Gasteiger partial charge in [-0.2, -0.15) is 11.8 Å². The summed E-state index contributed by atoms with van der Waals surface area (Å²) in [6.07, 6.45) is 0.600. The molecule has 1 unspecified atom stereocenters. The van der Waals surface area contributed by atoms with Crippen LogP contribution in [0.2, 0.25) is 0 Å². The lowest BCUT2D eigenvalue weighted by molar-refractivity contribution is -0.133. The predicted octanol–water partition coefficient (Wildman–Crippen LogP) is 0.781. The van der Waals surface area contributed by atoms with Crippen LogP contribution in [0.1, 0.15) is 6.42 Å². The molecule has 0 saturated carbocycles. The zero-order chi connectivity index (χ0) is 16.7. The molecule has 1 aromatic rings. The van der Waals surface area contributed by atoms with Crippen LogP contribution in [0.25, 0.3) is 0 Å². The quantitative estimate of drug-likeness (QED) is 0.783. The van der Waals surface area contributed by atoms with Gasteiger partial charge >= 0.3 is 6.03 Å². The first-order valence-corrected chi connectivity index (χ1v) is 8.64. The van der Waals surface area contributed by atoms with E-state index in [4.69, 9.17) is 9.47 Å². The van der Waals surface area contributed by atoms with E-state index in [1.54, 1.807) is 30.0 Å². The number of nitrogens with one attached hydrogen (secondary N) is 2. The van der Waals surface area contributed by atoms with Crippen LogP contribution in [-0.2, 0) is 9.59 Å². The topological polar surface area (TPSA) is 97.0 Å². The molecule has 24 heavy (non-hydrogen) atoms. The van der Waals surface area contributed by atoms with E-state index >= 15 is 0 Å². The molecule has 2 fully saturated rings. The molecular weight excluding hydrogens is 334 g/mol. The Labute approximate surface area is 141 Å². The molecule has 3 heterocycles. The number of hydrogen-bond donors (Lipinski definition) is 2. The number of benzene rings is 1. The summed E-state index contributed by atoms with van der Waals surface area (Å²) in [5, 5.41) is 5.40. The van der Waals surface area contributed by atoms with Crippen molar-refractivity contribution in [2.24, 2.45) is 0 Å². The smallest absolute Gasteiger partial charge is 0.325 e. The van der Waals surface area contributed by atoms with Crippen LogP contribution < -0.4 is 20.1 Å². The second-order valence-corrected chi connectivity index (χ2v) is 6.93. The van der Waals surface area contributed by atoms with E-state index in [2.05, 4.69) is 10.6 Å². The Morgan fingerprint density at radius 3 is 2.96 bits per heavy atom. The molecule has 3 aliphatic heterocycles. The number of fused-ring (bicyclic) bond motifs is 1. The van der Waals surface area contributed by atoms with Gasteiger partial charge in [0, 0.05) is 17.5 Å². The maximum absolute atomic E-state index is 12.5. The van der Waals surface area contributed by atoms with Gasteiger partial charge in [-0.15, -0.1) is 0 Å². The third-order valence-corrected chi connectivity index (χ3v) is 5.42. The zero-order valence-corrected chi connectivity index (χ0v) is 13.5. The fourth-order valence-corrected chi connectivity index (χ4v) is 4.30. The molecule has 1 atom stereocenters. The maximum Gasteiger partial charge on any atom is 0.325 e. The highest BCUT2D eigenvalue weighted by Crippen LogP contribution is 2.35. The maximum atomic E-state index is 12.5. The minimum absolute atomic E-state index is 0.148. The van der Waals surface area contributed by atoms with Crippen LogP contribution in [0.4, 0.5) is 10.5 Å². The molecule has 0 bridgehead atoms. The monoisotopic (exact) mass is 349 g/mol. The minimum Gasteiger partial charge on any atom is -0.454 e. The van der Waals surface area contributed by atoms with Crippen molar-refractivity contribution < 1.29 is 23.9 Å². The highest BCUT2D eigenvalue weighted by atomic mass is 32.2. The van der Waals surface area contributed by atoms with E-state index < -0.39 is 17.5 Å². The summed E-state index contributed by atoms with van der Waals surface area (Å²) in [6.45, 7) is -0.166. The first-order valence-electron chi connectivity index (χ1n) is 7.49. The number of carbonyl (C=O) groups excluding carboxylic acids is 3. The van der Waals surface area contributed by atoms with Crippen molar-refractivity contribution in [2.75, 3.05) is 30.2 Å². The van der Waals surface area contributed by atoms with Gasteiger partial charge in [0.15, 0.2) is 11.5 Å². The van der Waals surface area contributed by atoms with Crippen LogP contribution in [0, 0.1) is 0 Å². The molecule has 8 nitrogen and oxygen atoms in total. The summed E-state index contributed by atoms with van der Waals surface area (Å²) < 4.78 is 10.5. The summed E-state index contributed by atoms with van der Waals surface area (Å²) in [7, 11) is 0. The SMILES string of the molecule is O=C(CN1C(=O)NC2(CCSC2)C1=O)Nc1ccc2c(c1)OCO2. The van der Waals surface area contributed by atoms with E-state index in [0.29, 0.717) is 29.4 Å². The molecule has 4 rings (SSSR count). The number of hydrogen-bond acceptors (Lipinski definition) is 6. The number of amides is 4. The van der Waals surface area contributed by atoms with Gasteiger partial charge in [0.05, 0.1) is 0 Å². The Bertz CT molecular complexity index is 732. The number of anilines is 1. The average molecular weight is 349 g/mol. The van der Waals surface area contributed by atoms with E-state index in [-0.39, 0.29) is 19.2 Å². The average Bonchev–Trinajstić information content (AvgIpc) is 3.25. The van der Waals surface area contributed by atoms with Crippen LogP contribution >= 0.6 is 11.8 Å². The van der Waals surface area contributed by atoms with E-state index in [1.807, 2.05) is 0 Å². The lowest BCUT2D eigenvalue weighted by Crippen LogP contribution is -2.47. The Morgan fingerprint density at radius 2 is 2.17 bits per heavy atom. The molecule has 4 amide bonds. The largest absolute Gasteiger partial charge is 0.454 e. The summed E-state index contributed by atoms with van der Waals surface area (Å²) >= 11 is 1.62. The van der Waals surface area contributed by atoms with Gasteiger partial charge in [-0.25, -0.2) is 4.79 Å². The second-order valence-electron chi connectivity index (χ2n) is 5.82. The zero-order valence-electron chi connectivity index (χ0n) is 12.7. The fourth-order valence-electron chi connectivity index (χ4n) is 2.97. The van der Waals surface area contributed by atoms with Crippen molar-refractivity contribution in [3.8, 4) is 11.5 Å². The summed E-state index contributed by atoms with van der Waals surface area (Å²) in [5.74, 6) is 1.77. The third kappa shape index (κ3) is 2.44. The lowest BCUT2D eigenvalue weighted by Gasteiger charge is -2.19. The molecule has 1 spiro atoms. The standard InChI is InChI=1S/C15H15N3O5S/c19-12(16-9-1-2-10-11(5-9)23-8-22-10)6-18-13(20)15(17-14(18)21)3-4-24-7-15/h1-2,5H,3-4,6-8H2,(H,16,19)(H,17,21).